The molecule has 0 aromatic carbocycles. The monoisotopic (exact) mass is 252 g/mol. The van der Waals surface area contributed by atoms with Gasteiger partial charge in [-0.25, -0.2) is 40.0 Å². The van der Waals surface area contributed by atoms with Gasteiger partial charge in [0.05, 0.1) is 12.1 Å². The molecule has 1 aliphatic rings. The number of rotatable bonds is 2. The second-order valence-electron chi connectivity index (χ2n) is 3.11. The molecule has 0 aromatic heterocycles. The zero-order chi connectivity index (χ0) is 14.2. The number of carbonyl (C=O) groups excluding carboxylic acids is 4. The van der Waals surface area contributed by atoms with Gasteiger partial charge >= 0.3 is 0 Å². The van der Waals surface area contributed by atoms with Crippen LogP contribution in [0.1, 0.15) is 25.7 Å². The van der Waals surface area contributed by atoms with Crippen molar-refractivity contribution in [2.75, 3.05) is 0 Å². The van der Waals surface area contributed by atoms with Crippen molar-refractivity contribution in [2.24, 2.45) is 9.98 Å². The highest BCUT2D eigenvalue weighted by Crippen LogP contribution is 2.22. The van der Waals surface area contributed by atoms with Crippen molar-refractivity contribution in [3.8, 4) is 0 Å². The van der Waals surface area contributed by atoms with E-state index < -0.39 is 0 Å². The lowest BCUT2D eigenvalue weighted by molar-refractivity contribution is 0.394. The highest BCUT2D eigenvalue weighted by atomic mass is 16.1. The van der Waals surface area contributed by atoms with Crippen LogP contribution in [-0.2, 0) is 19.2 Å². The zero-order valence-electron chi connectivity index (χ0n) is 9.51. The van der Waals surface area contributed by atoms with Crippen LogP contribution in [0.2, 0.25) is 0 Å². The normalized spacial score (nSPS) is 19.8. The minimum absolute atomic E-state index is 0.0978. The van der Waals surface area contributed by atoms with E-state index in [1.807, 2.05) is 0 Å². The molecule has 0 amide bonds. The molecule has 1 saturated carbocycles. The zero-order valence-corrected chi connectivity index (χ0v) is 9.51. The second-order valence-corrected chi connectivity index (χ2v) is 3.11. The van der Waals surface area contributed by atoms with Gasteiger partial charge in [0.2, 0.25) is 24.3 Å². The number of aliphatic imine (C=N–C) groups is 2. The largest absolute Gasteiger partial charge is 0.235 e. The average molecular weight is 252 g/mol. The van der Waals surface area contributed by atoms with Crippen molar-refractivity contribution in [3.05, 3.63) is 0 Å². The molecule has 0 heterocycles. The summed E-state index contributed by atoms with van der Waals surface area (Å²) in [5, 5.41) is 10.8. The molecule has 18 heavy (non-hydrogen) atoms. The minimum Gasteiger partial charge on any atom is -0.222 e. The molecule has 1 aliphatic carbocycles. The molecule has 1 fully saturated rings. The summed E-state index contributed by atoms with van der Waals surface area (Å²) in [6.45, 7) is 0. The maximum atomic E-state index is 9.90. The van der Waals surface area contributed by atoms with Gasteiger partial charge in [0.25, 0.3) is 0 Å². The minimum atomic E-state index is 0.0978. The Morgan fingerprint density at radius 3 is 1.11 bits per heavy atom. The number of nitrogens with zero attached hydrogens (tertiary/aromatic N) is 2. The molecule has 0 aromatic rings. The first-order chi connectivity index (χ1) is 8.69. The molecule has 0 spiro atoms. The van der Waals surface area contributed by atoms with Gasteiger partial charge in [-0.05, 0) is 25.7 Å². The van der Waals surface area contributed by atoms with E-state index in [0.29, 0.717) is 0 Å². The first-order valence-corrected chi connectivity index (χ1v) is 4.91. The number of hydrogen-bond acceptors (Lipinski definition) is 8. The summed E-state index contributed by atoms with van der Waals surface area (Å²) in [4.78, 5) is 43.8. The Morgan fingerprint density at radius 2 is 0.944 bits per heavy atom. The van der Waals surface area contributed by atoms with Crippen LogP contribution >= 0.6 is 0 Å². The summed E-state index contributed by atoms with van der Waals surface area (Å²) in [5.41, 5.74) is 0. The smallest absolute Gasteiger partial charge is 0.222 e. The van der Waals surface area contributed by atoms with E-state index >= 15 is 0 Å². The standard InChI is InChI=1S/C8H10N2O2.2CHNO/c11-5-9-7-1-2-8(4-3-7)10-6-12;2*2-1-3/h7-8H,1-4H2;2*2H. The first kappa shape index (κ1) is 17.9. The fourth-order valence-corrected chi connectivity index (χ4v) is 1.47. The van der Waals surface area contributed by atoms with Gasteiger partial charge in [-0.15, -0.1) is 0 Å². The van der Waals surface area contributed by atoms with Gasteiger partial charge in [-0.1, -0.05) is 0 Å². The summed E-state index contributed by atoms with van der Waals surface area (Å²) < 4.78 is 0. The molecule has 96 valence electrons. The Morgan fingerprint density at radius 1 is 0.722 bits per heavy atom. The Kier molecular flexibility index (Phi) is 14.4. The number of hydrogen-bond donors (Lipinski definition) is 2. The van der Waals surface area contributed by atoms with E-state index in [2.05, 4.69) is 9.98 Å². The highest BCUT2D eigenvalue weighted by Gasteiger charge is 2.19. The van der Waals surface area contributed by atoms with Crippen LogP contribution in [0.25, 0.3) is 0 Å². The summed E-state index contributed by atoms with van der Waals surface area (Å²) in [6.07, 6.45) is 7.90. The lowest BCUT2D eigenvalue weighted by atomic mass is 9.92. The third-order valence-corrected chi connectivity index (χ3v) is 2.14. The van der Waals surface area contributed by atoms with Crippen molar-refractivity contribution in [2.45, 2.75) is 37.8 Å². The van der Waals surface area contributed by atoms with Crippen molar-refractivity contribution in [3.63, 3.8) is 0 Å². The fraction of sp³-hybridized carbons (Fsp3) is 0.600. The quantitative estimate of drug-likeness (QED) is 0.552. The van der Waals surface area contributed by atoms with Crippen LogP contribution in [0, 0.1) is 10.8 Å². The van der Waals surface area contributed by atoms with Crippen LogP contribution in [0.4, 0.5) is 0 Å². The summed E-state index contributed by atoms with van der Waals surface area (Å²) in [7, 11) is 0. The lowest BCUT2D eigenvalue weighted by Crippen LogP contribution is -2.19. The molecule has 8 heteroatoms. The SMILES string of the molecule is N=C=O.N=C=O.O=C=NC1CCC(N=C=O)CC1. The molecule has 0 bridgehead atoms. The van der Waals surface area contributed by atoms with Crippen LogP contribution < -0.4 is 0 Å². The molecule has 8 nitrogen and oxygen atoms in total. The Bertz CT molecular complexity index is 339. The van der Waals surface area contributed by atoms with E-state index in [0.717, 1.165) is 37.8 Å². The van der Waals surface area contributed by atoms with Crippen molar-refractivity contribution in [1.29, 1.82) is 10.8 Å². The van der Waals surface area contributed by atoms with E-state index in [9.17, 15) is 9.59 Å². The van der Waals surface area contributed by atoms with Crippen LogP contribution in [0.15, 0.2) is 9.98 Å². The summed E-state index contributed by atoms with van der Waals surface area (Å²) >= 11 is 0. The molecular weight excluding hydrogens is 240 g/mol. The molecule has 0 radical (unpaired) electrons. The Labute approximate surface area is 103 Å². The van der Waals surface area contributed by atoms with E-state index in [4.69, 9.17) is 20.4 Å². The van der Waals surface area contributed by atoms with Crippen LogP contribution in [0.5, 0.6) is 0 Å². The summed E-state index contributed by atoms with van der Waals surface area (Å²) in [6, 6.07) is 0.196. The van der Waals surface area contributed by atoms with E-state index in [1.54, 1.807) is 12.2 Å². The lowest BCUT2D eigenvalue weighted by Gasteiger charge is -2.20. The van der Waals surface area contributed by atoms with E-state index in [-0.39, 0.29) is 12.1 Å². The molecule has 0 saturated heterocycles. The molecule has 0 unspecified atom stereocenters. The van der Waals surface area contributed by atoms with Gasteiger partial charge in [-0.3, -0.25) is 0 Å². The Hall–Kier alpha value is -2.48. The third-order valence-electron chi connectivity index (χ3n) is 2.14. The summed E-state index contributed by atoms with van der Waals surface area (Å²) in [5.74, 6) is 0. The molecule has 0 atom stereocenters. The van der Waals surface area contributed by atoms with Crippen LogP contribution in [-0.4, -0.2) is 36.4 Å². The molecule has 2 N–H and O–H groups in total. The third kappa shape index (κ3) is 11.6. The van der Waals surface area contributed by atoms with Gasteiger partial charge in [0.1, 0.15) is 0 Å². The van der Waals surface area contributed by atoms with Gasteiger partial charge in [0.15, 0.2) is 0 Å². The van der Waals surface area contributed by atoms with Crippen molar-refractivity contribution >= 4 is 24.3 Å². The van der Waals surface area contributed by atoms with Gasteiger partial charge in [0, 0.05) is 0 Å². The fourth-order valence-electron chi connectivity index (χ4n) is 1.47. The topological polar surface area (TPSA) is 141 Å². The van der Waals surface area contributed by atoms with Gasteiger partial charge in [-0.2, -0.15) is 0 Å². The van der Waals surface area contributed by atoms with Crippen LogP contribution in [0.3, 0.4) is 0 Å². The predicted molar refractivity (Wildman–Crippen MR) is 59.1 cm³/mol. The van der Waals surface area contributed by atoms with E-state index in [1.165, 1.54) is 0 Å². The van der Waals surface area contributed by atoms with Gasteiger partial charge < -0.3 is 0 Å². The van der Waals surface area contributed by atoms with Crippen molar-refractivity contribution in [1.82, 2.24) is 0 Å². The maximum Gasteiger partial charge on any atom is 0.235 e. The molecule has 1 rings (SSSR count). The number of isocyanates is 4. The number of nitrogens with one attached hydrogen (secondary N) is 2. The first-order valence-electron chi connectivity index (χ1n) is 4.91. The maximum absolute atomic E-state index is 9.90. The Balaban J connectivity index is 0. The second kappa shape index (κ2) is 14.5. The average Bonchev–Trinajstić information content (AvgIpc) is 2.34. The van der Waals surface area contributed by atoms with Crippen molar-refractivity contribution < 1.29 is 19.2 Å². The molecule has 0 aliphatic heterocycles. The highest BCUT2D eigenvalue weighted by molar-refractivity contribution is 5.34. The molecular formula is C10H12N4O4. The predicted octanol–water partition coefficient (Wildman–Crippen LogP) is 0.771.